The van der Waals surface area contributed by atoms with Crippen molar-refractivity contribution in [2.75, 3.05) is 11.5 Å². The van der Waals surface area contributed by atoms with Gasteiger partial charge in [-0.3, -0.25) is 11.3 Å². The maximum atomic E-state index is 11.1. The molecule has 0 aromatic heterocycles. The van der Waals surface area contributed by atoms with E-state index in [1.807, 2.05) is 0 Å². The van der Waals surface area contributed by atoms with Crippen molar-refractivity contribution in [1.82, 2.24) is 5.43 Å². The Hall–Kier alpha value is -0.390. The topological polar surface area (TPSA) is 72.2 Å². The van der Waals surface area contributed by atoms with E-state index in [4.69, 9.17) is 5.84 Å². The summed E-state index contributed by atoms with van der Waals surface area (Å²) in [5.41, 5.74) is 2.55. The van der Waals surface area contributed by atoms with Gasteiger partial charge in [-0.25, -0.2) is 8.42 Å². The first-order chi connectivity index (χ1) is 5.59. The SMILES string of the molecule is C=CC(NN)C1CCS(=O)(=O)C1. The fourth-order valence-corrected chi connectivity index (χ4v) is 3.36. The molecule has 0 bridgehead atoms. The summed E-state index contributed by atoms with van der Waals surface area (Å²) in [6.45, 7) is 3.59. The second-order valence-corrected chi connectivity index (χ2v) is 5.32. The Morgan fingerprint density at radius 2 is 2.33 bits per heavy atom. The predicted molar refractivity (Wildman–Crippen MR) is 48.1 cm³/mol. The Labute approximate surface area is 72.7 Å². The van der Waals surface area contributed by atoms with Crippen molar-refractivity contribution in [1.29, 1.82) is 0 Å². The number of nitrogens with two attached hydrogens (primary N) is 1. The van der Waals surface area contributed by atoms with E-state index in [0.717, 1.165) is 0 Å². The highest BCUT2D eigenvalue weighted by Gasteiger charge is 2.31. The molecular formula is C7H14N2O2S. The lowest BCUT2D eigenvalue weighted by molar-refractivity contribution is 0.450. The summed E-state index contributed by atoms with van der Waals surface area (Å²) in [6.07, 6.45) is 2.34. The zero-order valence-corrected chi connectivity index (χ0v) is 7.68. The Balaban J connectivity index is 2.62. The fourth-order valence-electron chi connectivity index (χ4n) is 1.50. The molecule has 0 amide bonds. The van der Waals surface area contributed by atoms with Crippen molar-refractivity contribution in [3.05, 3.63) is 12.7 Å². The second kappa shape index (κ2) is 3.55. The molecule has 0 spiro atoms. The first-order valence-corrected chi connectivity index (χ1v) is 5.70. The van der Waals surface area contributed by atoms with Crippen LogP contribution in [0.3, 0.4) is 0 Å². The van der Waals surface area contributed by atoms with Gasteiger partial charge in [0.05, 0.1) is 11.5 Å². The number of hydrazine groups is 1. The Morgan fingerprint density at radius 1 is 1.67 bits per heavy atom. The van der Waals surface area contributed by atoms with E-state index in [-0.39, 0.29) is 23.5 Å². The number of hydrogen-bond acceptors (Lipinski definition) is 4. The predicted octanol–water partition coefficient (Wildman–Crippen LogP) is -0.561. The van der Waals surface area contributed by atoms with Crippen LogP contribution in [0.5, 0.6) is 0 Å². The van der Waals surface area contributed by atoms with Crippen LogP contribution in [0, 0.1) is 5.92 Å². The summed E-state index contributed by atoms with van der Waals surface area (Å²) in [5.74, 6) is 5.84. The molecule has 1 fully saturated rings. The third-order valence-corrected chi connectivity index (χ3v) is 4.02. The minimum absolute atomic E-state index is 0.0812. The summed E-state index contributed by atoms with van der Waals surface area (Å²) < 4.78 is 22.1. The molecule has 4 nitrogen and oxygen atoms in total. The number of hydrogen-bond donors (Lipinski definition) is 2. The van der Waals surface area contributed by atoms with Crippen LogP contribution in [0.2, 0.25) is 0 Å². The zero-order chi connectivity index (χ0) is 9.19. The van der Waals surface area contributed by atoms with Crippen molar-refractivity contribution >= 4 is 9.84 Å². The summed E-state index contributed by atoms with van der Waals surface area (Å²) in [6, 6.07) is -0.0812. The quantitative estimate of drug-likeness (QED) is 0.355. The van der Waals surface area contributed by atoms with E-state index < -0.39 is 9.84 Å². The molecule has 70 valence electrons. The highest BCUT2D eigenvalue weighted by atomic mass is 32.2. The van der Waals surface area contributed by atoms with Gasteiger partial charge in [-0.05, 0) is 12.3 Å². The maximum Gasteiger partial charge on any atom is 0.150 e. The average Bonchev–Trinajstić information content (AvgIpc) is 2.34. The summed E-state index contributed by atoms with van der Waals surface area (Å²) in [4.78, 5) is 0. The van der Waals surface area contributed by atoms with Gasteiger partial charge in [-0.1, -0.05) is 6.08 Å². The minimum Gasteiger partial charge on any atom is -0.271 e. The normalized spacial score (nSPS) is 29.9. The van der Waals surface area contributed by atoms with Crippen LogP contribution < -0.4 is 11.3 Å². The monoisotopic (exact) mass is 190 g/mol. The molecule has 1 heterocycles. The smallest absolute Gasteiger partial charge is 0.150 e. The van der Waals surface area contributed by atoms with Gasteiger partial charge in [-0.15, -0.1) is 6.58 Å². The van der Waals surface area contributed by atoms with Crippen molar-refractivity contribution < 1.29 is 8.42 Å². The first-order valence-electron chi connectivity index (χ1n) is 3.88. The highest BCUT2D eigenvalue weighted by Crippen LogP contribution is 2.21. The largest absolute Gasteiger partial charge is 0.271 e. The molecule has 1 saturated heterocycles. The van der Waals surface area contributed by atoms with E-state index in [9.17, 15) is 8.42 Å². The Bertz CT molecular complexity index is 261. The molecule has 12 heavy (non-hydrogen) atoms. The molecule has 0 radical (unpaired) electrons. The van der Waals surface area contributed by atoms with Crippen molar-refractivity contribution in [3.8, 4) is 0 Å². The van der Waals surface area contributed by atoms with Gasteiger partial charge in [0.25, 0.3) is 0 Å². The van der Waals surface area contributed by atoms with Crippen molar-refractivity contribution in [2.24, 2.45) is 11.8 Å². The highest BCUT2D eigenvalue weighted by molar-refractivity contribution is 7.91. The van der Waals surface area contributed by atoms with Crippen molar-refractivity contribution in [3.63, 3.8) is 0 Å². The van der Waals surface area contributed by atoms with E-state index in [1.165, 1.54) is 0 Å². The standard InChI is InChI=1S/C7H14N2O2S/c1-2-7(9-8)6-3-4-12(10,11)5-6/h2,6-7,9H,1,3-5,8H2. The van der Waals surface area contributed by atoms with Gasteiger partial charge in [0, 0.05) is 6.04 Å². The molecule has 3 N–H and O–H groups in total. The van der Waals surface area contributed by atoms with Gasteiger partial charge >= 0.3 is 0 Å². The second-order valence-electron chi connectivity index (χ2n) is 3.09. The Morgan fingerprint density at radius 3 is 2.67 bits per heavy atom. The number of rotatable bonds is 3. The zero-order valence-electron chi connectivity index (χ0n) is 6.86. The average molecular weight is 190 g/mol. The van der Waals surface area contributed by atoms with Gasteiger partial charge < -0.3 is 0 Å². The number of nitrogens with one attached hydrogen (secondary N) is 1. The summed E-state index contributed by atoms with van der Waals surface area (Å²) >= 11 is 0. The van der Waals surface area contributed by atoms with Crippen LogP contribution in [-0.2, 0) is 9.84 Å². The van der Waals surface area contributed by atoms with Crippen LogP contribution in [0.25, 0.3) is 0 Å². The molecular weight excluding hydrogens is 176 g/mol. The number of sulfone groups is 1. The molecule has 1 aliphatic rings. The van der Waals surface area contributed by atoms with E-state index in [2.05, 4.69) is 12.0 Å². The van der Waals surface area contributed by atoms with Crippen LogP contribution in [0.1, 0.15) is 6.42 Å². The van der Waals surface area contributed by atoms with Gasteiger partial charge in [0.15, 0.2) is 9.84 Å². The molecule has 1 aliphatic heterocycles. The third-order valence-electron chi connectivity index (χ3n) is 2.22. The van der Waals surface area contributed by atoms with Crippen molar-refractivity contribution in [2.45, 2.75) is 12.5 Å². The van der Waals surface area contributed by atoms with Crippen LogP contribution >= 0.6 is 0 Å². The van der Waals surface area contributed by atoms with Crippen LogP contribution in [-0.4, -0.2) is 26.0 Å². The van der Waals surface area contributed by atoms with E-state index in [0.29, 0.717) is 6.42 Å². The lowest BCUT2D eigenvalue weighted by Gasteiger charge is -2.16. The molecule has 0 saturated carbocycles. The molecule has 0 aromatic rings. The Kier molecular flexibility index (Phi) is 2.87. The molecule has 2 atom stereocenters. The summed E-state index contributed by atoms with van der Waals surface area (Å²) in [7, 11) is -2.80. The summed E-state index contributed by atoms with van der Waals surface area (Å²) in [5, 5.41) is 0. The van der Waals surface area contributed by atoms with E-state index in [1.54, 1.807) is 6.08 Å². The maximum absolute atomic E-state index is 11.1. The van der Waals surface area contributed by atoms with Crippen LogP contribution in [0.4, 0.5) is 0 Å². The molecule has 2 unspecified atom stereocenters. The first kappa shape index (κ1) is 9.70. The molecule has 1 rings (SSSR count). The van der Waals surface area contributed by atoms with E-state index >= 15 is 0 Å². The molecule has 0 aliphatic carbocycles. The minimum atomic E-state index is -2.80. The third kappa shape index (κ3) is 2.06. The van der Waals surface area contributed by atoms with Gasteiger partial charge in [0.2, 0.25) is 0 Å². The molecule has 0 aromatic carbocycles. The molecule has 5 heteroatoms. The lowest BCUT2D eigenvalue weighted by Crippen LogP contribution is -2.39. The van der Waals surface area contributed by atoms with Gasteiger partial charge in [-0.2, -0.15) is 0 Å². The van der Waals surface area contributed by atoms with Gasteiger partial charge in [0.1, 0.15) is 0 Å². The lowest BCUT2D eigenvalue weighted by atomic mass is 10.0. The fraction of sp³-hybridized carbons (Fsp3) is 0.714. The van der Waals surface area contributed by atoms with Crippen LogP contribution in [0.15, 0.2) is 12.7 Å².